The molecule has 16 heavy (non-hydrogen) atoms. The van der Waals surface area contributed by atoms with Gasteiger partial charge in [0, 0.05) is 16.9 Å². The normalized spacial score (nSPS) is 10.3. The summed E-state index contributed by atoms with van der Waals surface area (Å²) >= 11 is 1.64. The lowest BCUT2D eigenvalue weighted by molar-refractivity contribution is 0.0982. The summed E-state index contributed by atoms with van der Waals surface area (Å²) in [6.45, 7) is 0. The Balaban J connectivity index is 1.98. The first-order valence-electron chi connectivity index (χ1n) is 5.07. The predicted molar refractivity (Wildman–Crippen MR) is 63.4 cm³/mol. The third-order valence-electron chi connectivity index (χ3n) is 2.33. The first-order chi connectivity index (χ1) is 7.75. The number of halogens is 1. The van der Waals surface area contributed by atoms with E-state index < -0.39 is 0 Å². The van der Waals surface area contributed by atoms with Crippen LogP contribution in [0.1, 0.15) is 21.7 Å². The second-order valence-electron chi connectivity index (χ2n) is 3.51. The van der Waals surface area contributed by atoms with E-state index >= 15 is 0 Å². The fraction of sp³-hybridized carbons (Fsp3) is 0.154. The maximum atomic E-state index is 12.9. The van der Waals surface area contributed by atoms with Crippen molar-refractivity contribution < 1.29 is 9.18 Å². The maximum absolute atomic E-state index is 12.9. The number of hydrogen-bond donors (Lipinski definition) is 0. The molecule has 3 heteroatoms. The smallest absolute Gasteiger partial charge is 0.163 e. The molecule has 1 aromatic carbocycles. The van der Waals surface area contributed by atoms with Gasteiger partial charge in [0.05, 0.1) is 0 Å². The number of Topliss-reactive ketones (excluding diaryl/α,β-unsaturated/α-hetero) is 1. The van der Waals surface area contributed by atoms with Gasteiger partial charge in [-0.25, -0.2) is 4.39 Å². The fourth-order valence-electron chi connectivity index (χ4n) is 1.50. The summed E-state index contributed by atoms with van der Waals surface area (Å²) in [6, 6.07) is 9.82. The standard InChI is InChI=1S/C13H11FOS/c14-11-4-1-3-10(9-11)13(15)7-6-12-5-2-8-16-12/h1-5,8-9H,6-7H2. The molecule has 0 radical (unpaired) electrons. The van der Waals surface area contributed by atoms with E-state index in [1.165, 1.54) is 17.0 Å². The van der Waals surface area contributed by atoms with Crippen molar-refractivity contribution in [1.29, 1.82) is 0 Å². The van der Waals surface area contributed by atoms with Gasteiger partial charge in [-0.3, -0.25) is 4.79 Å². The third kappa shape index (κ3) is 2.76. The Bertz CT molecular complexity index is 476. The Morgan fingerprint density at radius 1 is 1.25 bits per heavy atom. The zero-order valence-corrected chi connectivity index (χ0v) is 9.47. The summed E-state index contributed by atoms with van der Waals surface area (Å²) in [7, 11) is 0. The molecule has 0 unspecified atom stereocenters. The van der Waals surface area contributed by atoms with Crippen molar-refractivity contribution in [3.05, 3.63) is 58.0 Å². The molecule has 0 saturated heterocycles. The quantitative estimate of drug-likeness (QED) is 0.737. The number of benzene rings is 1. The van der Waals surface area contributed by atoms with Gasteiger partial charge >= 0.3 is 0 Å². The molecule has 0 N–H and O–H groups in total. The van der Waals surface area contributed by atoms with Gasteiger partial charge < -0.3 is 0 Å². The molecule has 0 aliphatic rings. The van der Waals surface area contributed by atoms with E-state index in [0.717, 1.165) is 6.42 Å². The zero-order chi connectivity index (χ0) is 11.4. The van der Waals surface area contributed by atoms with E-state index in [2.05, 4.69) is 0 Å². The summed E-state index contributed by atoms with van der Waals surface area (Å²) in [5.41, 5.74) is 0.455. The highest BCUT2D eigenvalue weighted by Crippen LogP contribution is 2.13. The van der Waals surface area contributed by atoms with Crippen molar-refractivity contribution in [3.8, 4) is 0 Å². The van der Waals surface area contributed by atoms with Crippen LogP contribution in [0.5, 0.6) is 0 Å². The highest BCUT2D eigenvalue weighted by atomic mass is 32.1. The van der Waals surface area contributed by atoms with Crippen LogP contribution in [-0.2, 0) is 6.42 Å². The Kier molecular flexibility index (Phi) is 3.47. The zero-order valence-electron chi connectivity index (χ0n) is 8.65. The topological polar surface area (TPSA) is 17.1 Å². The Morgan fingerprint density at radius 3 is 2.81 bits per heavy atom. The molecule has 2 rings (SSSR count). The Labute approximate surface area is 97.6 Å². The van der Waals surface area contributed by atoms with Crippen LogP contribution in [0, 0.1) is 5.82 Å². The molecule has 1 nitrogen and oxygen atoms in total. The monoisotopic (exact) mass is 234 g/mol. The van der Waals surface area contributed by atoms with Crippen molar-refractivity contribution in [2.24, 2.45) is 0 Å². The van der Waals surface area contributed by atoms with Gasteiger partial charge in [0.25, 0.3) is 0 Å². The highest BCUT2D eigenvalue weighted by Gasteiger charge is 2.07. The molecule has 0 spiro atoms. The predicted octanol–water partition coefficient (Wildman–Crippen LogP) is 3.70. The molecule has 0 saturated carbocycles. The van der Waals surface area contributed by atoms with Gasteiger partial charge in [-0.1, -0.05) is 18.2 Å². The fourth-order valence-corrected chi connectivity index (χ4v) is 2.21. The Hall–Kier alpha value is -1.48. The largest absolute Gasteiger partial charge is 0.294 e. The molecular formula is C13H11FOS. The molecule has 0 fully saturated rings. The van der Waals surface area contributed by atoms with E-state index in [0.29, 0.717) is 12.0 Å². The molecule has 0 amide bonds. The lowest BCUT2D eigenvalue weighted by Crippen LogP contribution is -2.00. The van der Waals surface area contributed by atoms with Crippen molar-refractivity contribution in [2.45, 2.75) is 12.8 Å². The van der Waals surface area contributed by atoms with Crippen LogP contribution in [0.2, 0.25) is 0 Å². The lowest BCUT2D eigenvalue weighted by Gasteiger charge is -1.99. The minimum Gasteiger partial charge on any atom is -0.294 e. The molecule has 82 valence electrons. The third-order valence-corrected chi connectivity index (χ3v) is 3.26. The van der Waals surface area contributed by atoms with Gasteiger partial charge in [-0.05, 0) is 30.0 Å². The maximum Gasteiger partial charge on any atom is 0.163 e. The first-order valence-corrected chi connectivity index (χ1v) is 5.95. The van der Waals surface area contributed by atoms with E-state index in [4.69, 9.17) is 0 Å². The number of ketones is 1. The van der Waals surface area contributed by atoms with E-state index in [9.17, 15) is 9.18 Å². The second kappa shape index (κ2) is 5.03. The van der Waals surface area contributed by atoms with Crippen LogP contribution in [0.4, 0.5) is 4.39 Å². The van der Waals surface area contributed by atoms with Crippen LogP contribution >= 0.6 is 11.3 Å². The molecular weight excluding hydrogens is 223 g/mol. The van der Waals surface area contributed by atoms with E-state index in [1.54, 1.807) is 23.5 Å². The van der Waals surface area contributed by atoms with Gasteiger partial charge in [-0.15, -0.1) is 11.3 Å². The van der Waals surface area contributed by atoms with Crippen molar-refractivity contribution in [1.82, 2.24) is 0 Å². The van der Waals surface area contributed by atoms with E-state index in [1.807, 2.05) is 17.5 Å². The second-order valence-corrected chi connectivity index (χ2v) is 4.55. The first kappa shape index (κ1) is 11.0. The summed E-state index contributed by atoms with van der Waals surface area (Å²) < 4.78 is 12.9. The number of carbonyl (C=O) groups excluding carboxylic acids is 1. The molecule has 0 aliphatic heterocycles. The SMILES string of the molecule is O=C(CCc1cccs1)c1cccc(F)c1. The van der Waals surface area contributed by atoms with Crippen molar-refractivity contribution >= 4 is 17.1 Å². The number of thiophene rings is 1. The number of carbonyl (C=O) groups is 1. The summed E-state index contributed by atoms with van der Waals surface area (Å²) in [5, 5.41) is 1.99. The van der Waals surface area contributed by atoms with E-state index in [-0.39, 0.29) is 11.6 Å². The molecule has 1 aromatic heterocycles. The summed E-state index contributed by atoms with van der Waals surface area (Å²) in [5.74, 6) is -0.366. The Morgan fingerprint density at radius 2 is 2.12 bits per heavy atom. The molecule has 0 atom stereocenters. The van der Waals surface area contributed by atoms with Gasteiger partial charge in [-0.2, -0.15) is 0 Å². The van der Waals surface area contributed by atoms with Crippen LogP contribution in [0.25, 0.3) is 0 Å². The minimum absolute atomic E-state index is 0.00657. The average Bonchev–Trinajstić information content (AvgIpc) is 2.78. The highest BCUT2D eigenvalue weighted by molar-refractivity contribution is 7.09. The van der Waals surface area contributed by atoms with Crippen LogP contribution in [0.15, 0.2) is 41.8 Å². The molecule has 0 aliphatic carbocycles. The molecule has 2 aromatic rings. The summed E-state index contributed by atoms with van der Waals surface area (Å²) in [6.07, 6.45) is 1.16. The van der Waals surface area contributed by atoms with Crippen LogP contribution in [-0.4, -0.2) is 5.78 Å². The summed E-state index contributed by atoms with van der Waals surface area (Å²) in [4.78, 5) is 12.9. The molecule has 1 heterocycles. The lowest BCUT2D eigenvalue weighted by atomic mass is 10.1. The number of hydrogen-bond acceptors (Lipinski definition) is 2. The minimum atomic E-state index is -0.359. The van der Waals surface area contributed by atoms with Crippen molar-refractivity contribution in [2.75, 3.05) is 0 Å². The van der Waals surface area contributed by atoms with Crippen LogP contribution < -0.4 is 0 Å². The van der Waals surface area contributed by atoms with Gasteiger partial charge in [0.1, 0.15) is 5.82 Å². The average molecular weight is 234 g/mol. The number of aryl methyl sites for hydroxylation is 1. The van der Waals surface area contributed by atoms with Gasteiger partial charge in [0.2, 0.25) is 0 Å². The van der Waals surface area contributed by atoms with Crippen LogP contribution in [0.3, 0.4) is 0 Å². The van der Waals surface area contributed by atoms with Crippen molar-refractivity contribution in [3.63, 3.8) is 0 Å². The van der Waals surface area contributed by atoms with Gasteiger partial charge in [0.15, 0.2) is 5.78 Å². The number of rotatable bonds is 4. The molecule has 0 bridgehead atoms.